The third-order valence-electron chi connectivity index (χ3n) is 5.10. The summed E-state index contributed by atoms with van der Waals surface area (Å²) in [7, 11) is 0. The monoisotopic (exact) mass is 381 g/mol. The van der Waals surface area contributed by atoms with E-state index in [9.17, 15) is 9.59 Å². The second kappa shape index (κ2) is 9.24. The molecule has 0 aromatic heterocycles. The van der Waals surface area contributed by atoms with Crippen LogP contribution in [0.4, 0.5) is 5.69 Å². The van der Waals surface area contributed by atoms with E-state index in [1.807, 2.05) is 24.3 Å². The Bertz CT molecular complexity index is 632. The second-order valence-corrected chi connectivity index (χ2v) is 7.27. The van der Waals surface area contributed by atoms with Crippen molar-refractivity contribution in [3.05, 3.63) is 24.3 Å². The summed E-state index contributed by atoms with van der Waals surface area (Å²) in [6.45, 7) is 5.64. The molecular formula is C19H28ClN3O3. The van der Waals surface area contributed by atoms with Crippen LogP contribution in [-0.2, 0) is 9.59 Å². The molecule has 2 fully saturated rings. The summed E-state index contributed by atoms with van der Waals surface area (Å²) in [6.07, 6.45) is 3.63. The summed E-state index contributed by atoms with van der Waals surface area (Å²) >= 11 is 0. The molecule has 1 aromatic rings. The molecule has 1 aromatic carbocycles. The zero-order chi connectivity index (χ0) is 17.7. The first kappa shape index (κ1) is 20.5. The molecule has 0 atom stereocenters. The first-order valence-electron chi connectivity index (χ1n) is 9.06. The van der Waals surface area contributed by atoms with E-state index in [-0.39, 0.29) is 36.2 Å². The maximum Gasteiger partial charge on any atom is 0.257 e. The molecule has 0 aliphatic carbocycles. The molecule has 26 heavy (non-hydrogen) atoms. The van der Waals surface area contributed by atoms with Gasteiger partial charge in [-0.1, -0.05) is 13.0 Å². The van der Waals surface area contributed by atoms with E-state index in [4.69, 9.17) is 4.74 Å². The van der Waals surface area contributed by atoms with Gasteiger partial charge in [0.05, 0.1) is 0 Å². The summed E-state index contributed by atoms with van der Waals surface area (Å²) in [5.41, 5.74) is 0.999. The third kappa shape index (κ3) is 5.35. The van der Waals surface area contributed by atoms with Gasteiger partial charge in [-0.3, -0.25) is 9.59 Å². The Morgan fingerprint density at radius 2 is 2.12 bits per heavy atom. The molecule has 7 heteroatoms. The van der Waals surface area contributed by atoms with Crippen LogP contribution in [-0.4, -0.2) is 44.6 Å². The van der Waals surface area contributed by atoms with Crippen molar-refractivity contribution in [2.24, 2.45) is 5.41 Å². The second-order valence-electron chi connectivity index (χ2n) is 7.27. The van der Waals surface area contributed by atoms with Gasteiger partial charge in [-0.15, -0.1) is 12.4 Å². The number of nitrogens with one attached hydrogen (secondary N) is 2. The predicted molar refractivity (Wildman–Crippen MR) is 104 cm³/mol. The fourth-order valence-electron chi connectivity index (χ4n) is 3.38. The van der Waals surface area contributed by atoms with Crippen molar-refractivity contribution in [2.75, 3.05) is 37.7 Å². The Balaban J connectivity index is 0.00000243. The Morgan fingerprint density at radius 3 is 2.81 bits per heavy atom. The van der Waals surface area contributed by atoms with Crippen molar-refractivity contribution in [2.45, 2.75) is 32.6 Å². The van der Waals surface area contributed by atoms with Crippen molar-refractivity contribution in [3.63, 3.8) is 0 Å². The normalized spacial score (nSPS) is 19.0. The number of rotatable bonds is 6. The first-order valence-corrected chi connectivity index (χ1v) is 9.06. The molecule has 2 heterocycles. The summed E-state index contributed by atoms with van der Waals surface area (Å²) in [4.78, 5) is 25.7. The largest absolute Gasteiger partial charge is 0.484 e. The molecule has 2 N–H and O–H groups in total. The van der Waals surface area contributed by atoms with Gasteiger partial charge in [0.15, 0.2) is 6.61 Å². The molecule has 0 unspecified atom stereocenters. The smallest absolute Gasteiger partial charge is 0.257 e. The van der Waals surface area contributed by atoms with Gasteiger partial charge in [0.1, 0.15) is 5.75 Å². The van der Waals surface area contributed by atoms with Gasteiger partial charge in [0.2, 0.25) is 5.91 Å². The molecule has 2 aliphatic heterocycles. The van der Waals surface area contributed by atoms with E-state index in [0.717, 1.165) is 44.6 Å². The zero-order valence-corrected chi connectivity index (χ0v) is 16.1. The van der Waals surface area contributed by atoms with Gasteiger partial charge in [0.25, 0.3) is 5.91 Å². The van der Waals surface area contributed by atoms with Gasteiger partial charge in [-0.2, -0.15) is 0 Å². The van der Waals surface area contributed by atoms with Crippen LogP contribution in [0.15, 0.2) is 24.3 Å². The number of hydrogen-bond donors (Lipinski definition) is 2. The van der Waals surface area contributed by atoms with E-state index in [1.165, 1.54) is 0 Å². The molecular weight excluding hydrogens is 354 g/mol. The van der Waals surface area contributed by atoms with Gasteiger partial charge < -0.3 is 20.3 Å². The lowest BCUT2D eigenvalue weighted by Gasteiger charge is -2.34. The fourth-order valence-corrected chi connectivity index (χ4v) is 3.38. The number of nitrogens with zero attached hydrogens (tertiary/aromatic N) is 1. The summed E-state index contributed by atoms with van der Waals surface area (Å²) in [6, 6.07) is 7.38. The highest BCUT2D eigenvalue weighted by atomic mass is 35.5. The summed E-state index contributed by atoms with van der Waals surface area (Å²) in [5.74, 6) is 0.646. The number of amides is 2. The van der Waals surface area contributed by atoms with Crippen molar-refractivity contribution < 1.29 is 14.3 Å². The molecule has 2 saturated heterocycles. The van der Waals surface area contributed by atoms with Crippen LogP contribution in [0, 0.1) is 5.41 Å². The van der Waals surface area contributed by atoms with Gasteiger partial charge in [-0.05, 0) is 49.9 Å². The number of carbonyl (C=O) groups is 2. The van der Waals surface area contributed by atoms with E-state index in [1.54, 1.807) is 4.90 Å². The molecule has 3 rings (SSSR count). The van der Waals surface area contributed by atoms with Crippen LogP contribution in [0.1, 0.15) is 32.6 Å². The van der Waals surface area contributed by atoms with Crippen LogP contribution in [0.25, 0.3) is 0 Å². The third-order valence-corrected chi connectivity index (χ3v) is 5.10. The van der Waals surface area contributed by atoms with Gasteiger partial charge in [-0.25, -0.2) is 0 Å². The molecule has 0 spiro atoms. The van der Waals surface area contributed by atoms with E-state index in [2.05, 4.69) is 17.6 Å². The van der Waals surface area contributed by atoms with Crippen LogP contribution in [0.3, 0.4) is 0 Å². The minimum atomic E-state index is -0.109. The Morgan fingerprint density at radius 1 is 1.35 bits per heavy atom. The highest BCUT2D eigenvalue weighted by Gasteiger charge is 2.27. The lowest BCUT2D eigenvalue weighted by molar-refractivity contribution is -0.123. The van der Waals surface area contributed by atoms with Gasteiger partial charge in [0, 0.05) is 31.3 Å². The fraction of sp³-hybridized carbons (Fsp3) is 0.579. The van der Waals surface area contributed by atoms with Crippen molar-refractivity contribution in [1.82, 2.24) is 10.6 Å². The Kier molecular flexibility index (Phi) is 7.29. The Labute approximate surface area is 161 Å². The number of ether oxygens (including phenoxy) is 1. The van der Waals surface area contributed by atoms with Crippen LogP contribution >= 0.6 is 12.4 Å². The molecule has 0 saturated carbocycles. The minimum Gasteiger partial charge on any atom is -0.484 e. The number of hydrogen-bond acceptors (Lipinski definition) is 4. The quantitative estimate of drug-likeness (QED) is 0.791. The molecule has 6 nitrogen and oxygen atoms in total. The van der Waals surface area contributed by atoms with Crippen LogP contribution in [0.5, 0.6) is 5.75 Å². The number of carbonyl (C=O) groups excluding carboxylic acids is 2. The average Bonchev–Trinajstić information content (AvgIpc) is 3.05. The highest BCUT2D eigenvalue weighted by Crippen LogP contribution is 2.27. The van der Waals surface area contributed by atoms with Crippen molar-refractivity contribution in [3.8, 4) is 5.75 Å². The number of piperidine rings is 1. The first-order chi connectivity index (χ1) is 12.1. The van der Waals surface area contributed by atoms with E-state index >= 15 is 0 Å². The lowest BCUT2D eigenvalue weighted by Crippen LogP contribution is -2.43. The van der Waals surface area contributed by atoms with E-state index in [0.29, 0.717) is 18.7 Å². The van der Waals surface area contributed by atoms with Gasteiger partial charge >= 0.3 is 0 Å². The highest BCUT2D eigenvalue weighted by molar-refractivity contribution is 5.95. The molecule has 2 amide bonds. The standard InChI is InChI=1S/C19H27N3O3.ClH/c1-19(7-9-20-10-8-19)14-21-17(23)13-25-16-5-2-4-15(12-16)22-11-3-6-18(22)24;/h2,4-5,12,20H,3,6-11,13-14H2,1H3,(H,21,23);1H. The van der Waals surface area contributed by atoms with Crippen LogP contribution < -0.4 is 20.3 Å². The SMILES string of the molecule is CC1(CNC(=O)COc2cccc(N3CCCC3=O)c2)CCNCC1.Cl. The van der Waals surface area contributed by atoms with E-state index < -0.39 is 0 Å². The topological polar surface area (TPSA) is 70.7 Å². The Hall–Kier alpha value is -1.79. The van der Waals surface area contributed by atoms with Crippen LogP contribution in [0.2, 0.25) is 0 Å². The predicted octanol–water partition coefficient (Wildman–Crippen LogP) is 2.12. The molecule has 0 bridgehead atoms. The summed E-state index contributed by atoms with van der Waals surface area (Å²) < 4.78 is 5.61. The molecule has 2 aliphatic rings. The minimum absolute atomic E-state index is 0. The maximum atomic E-state index is 12.1. The summed E-state index contributed by atoms with van der Waals surface area (Å²) in [5, 5.41) is 6.32. The molecule has 0 radical (unpaired) electrons. The van der Waals surface area contributed by atoms with Crippen molar-refractivity contribution in [1.29, 1.82) is 0 Å². The zero-order valence-electron chi connectivity index (χ0n) is 15.3. The number of halogens is 1. The number of benzene rings is 1. The average molecular weight is 382 g/mol. The van der Waals surface area contributed by atoms with Crippen molar-refractivity contribution >= 4 is 29.9 Å². The molecule has 144 valence electrons. The maximum absolute atomic E-state index is 12.1. The number of anilines is 1. The lowest BCUT2D eigenvalue weighted by atomic mass is 9.81.